The zero-order chi connectivity index (χ0) is 9.52. The van der Waals surface area contributed by atoms with Gasteiger partial charge in [0.2, 0.25) is 0 Å². The van der Waals surface area contributed by atoms with Gasteiger partial charge >= 0.3 is 0 Å². The molecule has 0 bridgehead atoms. The van der Waals surface area contributed by atoms with Crippen molar-refractivity contribution in [1.82, 2.24) is 4.98 Å². The van der Waals surface area contributed by atoms with Gasteiger partial charge in [0.25, 0.3) is 0 Å². The van der Waals surface area contributed by atoms with Crippen LogP contribution in [0.25, 0.3) is 0 Å². The standard InChI is InChI=1S/C11H17NO/c1-2-3-7-11(13)9-10-6-4-5-8-12-10/h4-6,8,11,13H,2-3,7,9H2,1H3/t11-/m0/s1. The van der Waals surface area contributed by atoms with E-state index in [9.17, 15) is 5.11 Å². The minimum atomic E-state index is -0.227. The number of nitrogens with zero attached hydrogens (tertiary/aromatic N) is 1. The maximum atomic E-state index is 9.59. The number of hydrogen-bond donors (Lipinski definition) is 1. The molecule has 1 rings (SSSR count). The molecular formula is C11H17NO. The third-order valence-corrected chi connectivity index (χ3v) is 2.06. The summed E-state index contributed by atoms with van der Waals surface area (Å²) in [5.74, 6) is 0. The van der Waals surface area contributed by atoms with E-state index in [0.717, 1.165) is 25.0 Å². The van der Waals surface area contributed by atoms with E-state index in [1.165, 1.54) is 0 Å². The summed E-state index contributed by atoms with van der Waals surface area (Å²) in [7, 11) is 0. The second kappa shape index (κ2) is 5.70. The summed E-state index contributed by atoms with van der Waals surface area (Å²) >= 11 is 0. The first-order valence-electron chi connectivity index (χ1n) is 4.91. The molecule has 13 heavy (non-hydrogen) atoms. The Bertz CT molecular complexity index is 223. The van der Waals surface area contributed by atoms with Crippen LogP contribution in [0.5, 0.6) is 0 Å². The van der Waals surface area contributed by atoms with E-state index < -0.39 is 0 Å². The van der Waals surface area contributed by atoms with Crippen molar-refractivity contribution in [2.45, 2.75) is 38.7 Å². The molecule has 1 aromatic rings. The first-order valence-corrected chi connectivity index (χ1v) is 4.91. The van der Waals surface area contributed by atoms with E-state index in [1.807, 2.05) is 18.2 Å². The van der Waals surface area contributed by atoms with Gasteiger partial charge in [-0.05, 0) is 18.6 Å². The molecule has 0 fully saturated rings. The van der Waals surface area contributed by atoms with Crippen molar-refractivity contribution >= 4 is 0 Å². The van der Waals surface area contributed by atoms with Gasteiger partial charge in [0.15, 0.2) is 0 Å². The average molecular weight is 179 g/mol. The van der Waals surface area contributed by atoms with Gasteiger partial charge in [-0.15, -0.1) is 0 Å². The van der Waals surface area contributed by atoms with E-state index in [2.05, 4.69) is 11.9 Å². The number of rotatable bonds is 5. The fourth-order valence-corrected chi connectivity index (χ4v) is 1.30. The fourth-order valence-electron chi connectivity index (χ4n) is 1.30. The topological polar surface area (TPSA) is 33.1 Å². The Morgan fingerprint density at radius 3 is 2.92 bits per heavy atom. The molecule has 0 aromatic carbocycles. The zero-order valence-electron chi connectivity index (χ0n) is 8.11. The Morgan fingerprint density at radius 1 is 1.46 bits per heavy atom. The van der Waals surface area contributed by atoms with Crippen molar-refractivity contribution in [3.63, 3.8) is 0 Å². The van der Waals surface area contributed by atoms with E-state index in [4.69, 9.17) is 0 Å². The van der Waals surface area contributed by atoms with Crippen LogP contribution >= 0.6 is 0 Å². The molecule has 0 aliphatic rings. The molecule has 1 N–H and O–H groups in total. The molecule has 0 radical (unpaired) electrons. The van der Waals surface area contributed by atoms with Crippen LogP contribution in [-0.4, -0.2) is 16.2 Å². The van der Waals surface area contributed by atoms with Crippen LogP contribution in [0.1, 0.15) is 31.9 Å². The summed E-state index contributed by atoms with van der Waals surface area (Å²) < 4.78 is 0. The van der Waals surface area contributed by atoms with Crippen molar-refractivity contribution in [3.05, 3.63) is 30.1 Å². The van der Waals surface area contributed by atoms with Crippen LogP contribution in [0, 0.1) is 0 Å². The third kappa shape index (κ3) is 4.04. The van der Waals surface area contributed by atoms with E-state index in [1.54, 1.807) is 6.20 Å². The number of aromatic nitrogens is 1. The minimum absolute atomic E-state index is 0.227. The van der Waals surface area contributed by atoms with Gasteiger partial charge in [-0.2, -0.15) is 0 Å². The fraction of sp³-hybridized carbons (Fsp3) is 0.545. The monoisotopic (exact) mass is 179 g/mol. The summed E-state index contributed by atoms with van der Waals surface area (Å²) in [6, 6.07) is 5.80. The molecule has 0 aliphatic heterocycles. The van der Waals surface area contributed by atoms with Gasteiger partial charge in [-0.1, -0.05) is 25.8 Å². The highest BCUT2D eigenvalue weighted by Crippen LogP contribution is 2.06. The predicted molar refractivity (Wildman–Crippen MR) is 53.5 cm³/mol. The molecule has 0 saturated heterocycles. The molecule has 1 atom stereocenters. The predicted octanol–water partition coefficient (Wildman–Crippen LogP) is 2.18. The van der Waals surface area contributed by atoms with E-state index in [-0.39, 0.29) is 6.10 Å². The Kier molecular flexibility index (Phi) is 4.47. The first-order chi connectivity index (χ1) is 6.33. The number of hydrogen-bond acceptors (Lipinski definition) is 2. The third-order valence-electron chi connectivity index (χ3n) is 2.06. The average Bonchev–Trinajstić information content (AvgIpc) is 2.16. The molecule has 0 saturated carbocycles. The molecule has 72 valence electrons. The van der Waals surface area contributed by atoms with Crippen molar-refractivity contribution in [2.75, 3.05) is 0 Å². The van der Waals surface area contributed by atoms with Crippen molar-refractivity contribution in [2.24, 2.45) is 0 Å². The Labute approximate surface area is 79.6 Å². The second-order valence-electron chi connectivity index (χ2n) is 3.32. The lowest BCUT2D eigenvalue weighted by molar-refractivity contribution is 0.160. The number of aliphatic hydroxyl groups is 1. The van der Waals surface area contributed by atoms with E-state index >= 15 is 0 Å². The lowest BCUT2D eigenvalue weighted by Crippen LogP contribution is -2.10. The van der Waals surface area contributed by atoms with Crippen LogP contribution in [-0.2, 0) is 6.42 Å². The smallest absolute Gasteiger partial charge is 0.0595 e. The lowest BCUT2D eigenvalue weighted by Gasteiger charge is -2.08. The summed E-state index contributed by atoms with van der Waals surface area (Å²) in [5, 5.41) is 9.59. The SMILES string of the molecule is CCCC[C@H](O)Cc1ccccn1. The van der Waals surface area contributed by atoms with Gasteiger partial charge in [0.1, 0.15) is 0 Å². The van der Waals surface area contributed by atoms with Crippen LogP contribution in [0.2, 0.25) is 0 Å². The van der Waals surface area contributed by atoms with Crippen molar-refractivity contribution in [3.8, 4) is 0 Å². The molecule has 2 heteroatoms. The molecule has 1 aromatic heterocycles. The van der Waals surface area contributed by atoms with E-state index in [0.29, 0.717) is 6.42 Å². The highest BCUT2D eigenvalue weighted by atomic mass is 16.3. The summed E-state index contributed by atoms with van der Waals surface area (Å²) in [4.78, 5) is 4.17. The number of pyridine rings is 1. The zero-order valence-corrected chi connectivity index (χ0v) is 8.11. The molecule has 1 heterocycles. The van der Waals surface area contributed by atoms with Crippen LogP contribution in [0.15, 0.2) is 24.4 Å². The normalized spacial score (nSPS) is 12.8. The Hall–Kier alpha value is -0.890. The van der Waals surface area contributed by atoms with Gasteiger partial charge in [0, 0.05) is 18.3 Å². The molecule has 2 nitrogen and oxygen atoms in total. The second-order valence-corrected chi connectivity index (χ2v) is 3.32. The molecule has 0 aliphatic carbocycles. The quantitative estimate of drug-likeness (QED) is 0.751. The minimum Gasteiger partial charge on any atom is -0.393 e. The largest absolute Gasteiger partial charge is 0.393 e. The Balaban J connectivity index is 2.32. The van der Waals surface area contributed by atoms with Crippen LogP contribution < -0.4 is 0 Å². The number of unbranched alkanes of at least 4 members (excludes halogenated alkanes) is 1. The number of aliphatic hydroxyl groups excluding tert-OH is 1. The molecule has 0 unspecified atom stereocenters. The van der Waals surface area contributed by atoms with Crippen LogP contribution in [0.4, 0.5) is 0 Å². The Morgan fingerprint density at radius 2 is 2.31 bits per heavy atom. The highest BCUT2D eigenvalue weighted by molar-refractivity contribution is 5.04. The maximum Gasteiger partial charge on any atom is 0.0595 e. The lowest BCUT2D eigenvalue weighted by atomic mass is 10.1. The highest BCUT2D eigenvalue weighted by Gasteiger charge is 2.04. The summed E-state index contributed by atoms with van der Waals surface area (Å²) in [6.07, 6.45) is 5.33. The molecule has 0 spiro atoms. The molecular weight excluding hydrogens is 162 g/mol. The van der Waals surface area contributed by atoms with Gasteiger partial charge < -0.3 is 5.11 Å². The van der Waals surface area contributed by atoms with Gasteiger partial charge in [-0.3, -0.25) is 4.98 Å². The van der Waals surface area contributed by atoms with Gasteiger partial charge in [-0.25, -0.2) is 0 Å². The van der Waals surface area contributed by atoms with Crippen molar-refractivity contribution in [1.29, 1.82) is 0 Å². The summed E-state index contributed by atoms with van der Waals surface area (Å²) in [6.45, 7) is 2.13. The maximum absolute atomic E-state index is 9.59. The molecule has 0 amide bonds. The van der Waals surface area contributed by atoms with Crippen molar-refractivity contribution < 1.29 is 5.11 Å². The van der Waals surface area contributed by atoms with Crippen LogP contribution in [0.3, 0.4) is 0 Å². The first kappa shape index (κ1) is 10.2. The summed E-state index contributed by atoms with van der Waals surface area (Å²) in [5.41, 5.74) is 0.978. The van der Waals surface area contributed by atoms with Gasteiger partial charge in [0.05, 0.1) is 6.10 Å².